The van der Waals surface area contributed by atoms with Crippen LogP contribution in [0.1, 0.15) is 17.4 Å². The number of ketones is 1. The summed E-state index contributed by atoms with van der Waals surface area (Å²) in [5.41, 5.74) is -0.223. The van der Waals surface area contributed by atoms with Gasteiger partial charge in [-0.2, -0.15) is 5.10 Å². The third-order valence-corrected chi connectivity index (χ3v) is 1.80. The molecule has 1 rings (SSSR count). The Labute approximate surface area is 78.3 Å². The van der Waals surface area contributed by atoms with Crippen molar-refractivity contribution < 1.29 is 13.6 Å². The van der Waals surface area contributed by atoms with Gasteiger partial charge in [0.2, 0.25) is 5.78 Å². The van der Waals surface area contributed by atoms with Gasteiger partial charge in [-0.15, -0.1) is 0 Å². The molecule has 0 N–H and O–H groups in total. The van der Waals surface area contributed by atoms with Crippen LogP contribution in [-0.4, -0.2) is 22.0 Å². The van der Waals surface area contributed by atoms with E-state index in [0.717, 1.165) is 4.68 Å². The summed E-state index contributed by atoms with van der Waals surface area (Å²) in [6.45, 7) is 2.02. The summed E-state index contributed by atoms with van der Waals surface area (Å²) in [5.74, 6) is -1.29. The van der Waals surface area contributed by atoms with Crippen molar-refractivity contribution in [3.8, 4) is 0 Å². The zero-order valence-corrected chi connectivity index (χ0v) is 7.55. The second-order valence-corrected chi connectivity index (χ2v) is 2.73. The first-order valence-electron chi connectivity index (χ1n) is 3.61. The summed E-state index contributed by atoms with van der Waals surface area (Å²) in [5, 5.41) is 3.63. The molecule has 13 heavy (non-hydrogen) atoms. The molecule has 0 amide bonds. The number of halogens is 3. The van der Waals surface area contributed by atoms with Crippen LogP contribution in [0.5, 0.6) is 0 Å². The highest BCUT2D eigenvalue weighted by Gasteiger charge is 2.24. The van der Waals surface area contributed by atoms with Gasteiger partial charge in [-0.1, -0.05) is 11.6 Å². The van der Waals surface area contributed by atoms with Crippen molar-refractivity contribution in [3.05, 3.63) is 16.9 Å². The molecule has 3 nitrogen and oxygen atoms in total. The van der Waals surface area contributed by atoms with Gasteiger partial charge >= 0.3 is 6.43 Å². The molecule has 0 saturated heterocycles. The lowest BCUT2D eigenvalue weighted by Gasteiger charge is -2.02. The van der Waals surface area contributed by atoms with Crippen LogP contribution < -0.4 is 0 Å². The number of carbonyl (C=O) groups is 1. The van der Waals surface area contributed by atoms with Crippen molar-refractivity contribution in [3.63, 3.8) is 0 Å². The van der Waals surface area contributed by atoms with Gasteiger partial charge in [0.1, 0.15) is 5.69 Å². The maximum Gasteiger partial charge on any atom is 0.302 e. The van der Waals surface area contributed by atoms with Crippen LogP contribution in [0.25, 0.3) is 0 Å². The molecule has 0 unspecified atom stereocenters. The highest BCUT2D eigenvalue weighted by atomic mass is 35.5. The average Bonchev–Trinajstić information content (AvgIpc) is 2.45. The van der Waals surface area contributed by atoms with Gasteiger partial charge in [0.15, 0.2) is 0 Å². The van der Waals surface area contributed by atoms with Gasteiger partial charge in [0.25, 0.3) is 0 Å². The van der Waals surface area contributed by atoms with E-state index in [0.29, 0.717) is 6.54 Å². The van der Waals surface area contributed by atoms with Gasteiger partial charge in [-0.05, 0) is 6.92 Å². The molecule has 6 heteroatoms. The minimum absolute atomic E-state index is 0.0350. The van der Waals surface area contributed by atoms with Crippen LogP contribution in [0.4, 0.5) is 8.78 Å². The summed E-state index contributed by atoms with van der Waals surface area (Å²) in [6, 6.07) is 0. The van der Waals surface area contributed by atoms with E-state index in [4.69, 9.17) is 11.6 Å². The van der Waals surface area contributed by atoms with Crippen LogP contribution in [0.15, 0.2) is 6.20 Å². The van der Waals surface area contributed by atoms with Crippen molar-refractivity contribution in [2.45, 2.75) is 19.9 Å². The molecule has 0 atom stereocenters. The largest absolute Gasteiger partial charge is 0.302 e. The minimum atomic E-state index is -3.04. The molecule has 1 aromatic heterocycles. The summed E-state index contributed by atoms with van der Waals surface area (Å²) in [6.07, 6.45) is -1.86. The van der Waals surface area contributed by atoms with Crippen molar-refractivity contribution in [2.75, 3.05) is 0 Å². The molecule has 0 saturated carbocycles. The van der Waals surface area contributed by atoms with Gasteiger partial charge in [-0.3, -0.25) is 9.48 Å². The van der Waals surface area contributed by atoms with Crippen LogP contribution in [0.3, 0.4) is 0 Å². The number of carbonyl (C=O) groups excluding carboxylic acids is 1. The summed E-state index contributed by atoms with van der Waals surface area (Å²) >= 11 is 5.53. The molecule has 0 bridgehead atoms. The molecule has 1 aromatic rings. The number of rotatable bonds is 3. The number of alkyl halides is 2. The molecule has 0 radical (unpaired) electrons. The quantitative estimate of drug-likeness (QED) is 0.713. The van der Waals surface area contributed by atoms with E-state index >= 15 is 0 Å². The van der Waals surface area contributed by atoms with E-state index in [-0.39, 0.29) is 10.7 Å². The fourth-order valence-corrected chi connectivity index (χ4v) is 1.18. The highest BCUT2D eigenvalue weighted by molar-refractivity contribution is 6.33. The lowest BCUT2D eigenvalue weighted by molar-refractivity contribution is 0.0667. The molecule has 0 aliphatic rings. The lowest BCUT2D eigenvalue weighted by atomic mass is 10.3. The standard InChI is InChI=1S/C7H7ClF2N2O/c1-2-12-5(4(8)3-11-12)6(13)7(9)10/h3,7H,2H2,1H3. The first-order chi connectivity index (χ1) is 6.07. The van der Waals surface area contributed by atoms with E-state index in [1.807, 2.05) is 0 Å². The first-order valence-corrected chi connectivity index (χ1v) is 3.99. The normalized spacial score (nSPS) is 10.8. The predicted octanol–water partition coefficient (Wildman–Crippen LogP) is 2.00. The molecule has 0 aliphatic carbocycles. The second kappa shape index (κ2) is 3.83. The number of hydrogen-bond acceptors (Lipinski definition) is 2. The third kappa shape index (κ3) is 1.85. The van der Waals surface area contributed by atoms with E-state index in [1.165, 1.54) is 6.20 Å². The Morgan fingerprint density at radius 1 is 1.77 bits per heavy atom. The Balaban J connectivity index is 3.11. The molecular formula is C7H7ClF2N2O. The molecule has 72 valence electrons. The molecule has 0 spiro atoms. The topological polar surface area (TPSA) is 34.9 Å². The predicted molar refractivity (Wildman–Crippen MR) is 43.2 cm³/mol. The number of hydrogen-bond donors (Lipinski definition) is 0. The summed E-state index contributed by atoms with van der Waals surface area (Å²) in [7, 11) is 0. The fourth-order valence-electron chi connectivity index (χ4n) is 0.951. The number of aromatic nitrogens is 2. The zero-order chi connectivity index (χ0) is 10.0. The first kappa shape index (κ1) is 10.1. The Bertz CT molecular complexity index is 324. The summed E-state index contributed by atoms with van der Waals surface area (Å²) < 4.78 is 25.2. The van der Waals surface area contributed by atoms with Crippen LogP contribution in [0, 0.1) is 0 Å². The number of Topliss-reactive ketones (excluding diaryl/α,β-unsaturated/α-hetero) is 1. The van der Waals surface area contributed by atoms with Crippen molar-refractivity contribution in [2.24, 2.45) is 0 Å². The van der Waals surface area contributed by atoms with Crippen LogP contribution in [-0.2, 0) is 6.54 Å². The third-order valence-electron chi connectivity index (χ3n) is 1.53. The molecule has 0 fully saturated rings. The Morgan fingerprint density at radius 3 is 2.85 bits per heavy atom. The minimum Gasteiger partial charge on any atom is -0.286 e. The Kier molecular flexibility index (Phi) is 2.98. The Hall–Kier alpha value is -0.970. The number of aryl methyl sites for hydroxylation is 1. The molecule has 1 heterocycles. The van der Waals surface area contributed by atoms with E-state index in [9.17, 15) is 13.6 Å². The smallest absolute Gasteiger partial charge is 0.286 e. The van der Waals surface area contributed by atoms with Crippen LogP contribution in [0.2, 0.25) is 5.02 Å². The van der Waals surface area contributed by atoms with Crippen molar-refractivity contribution in [1.82, 2.24) is 9.78 Å². The van der Waals surface area contributed by atoms with Crippen molar-refractivity contribution in [1.29, 1.82) is 0 Å². The van der Waals surface area contributed by atoms with Gasteiger partial charge in [-0.25, -0.2) is 8.78 Å². The van der Waals surface area contributed by atoms with Gasteiger partial charge in [0.05, 0.1) is 11.2 Å². The maximum atomic E-state index is 12.0. The summed E-state index contributed by atoms with van der Waals surface area (Å²) in [4.78, 5) is 10.9. The monoisotopic (exact) mass is 208 g/mol. The van der Waals surface area contributed by atoms with Gasteiger partial charge in [0, 0.05) is 6.54 Å². The van der Waals surface area contributed by atoms with Crippen molar-refractivity contribution >= 4 is 17.4 Å². The van der Waals surface area contributed by atoms with Gasteiger partial charge < -0.3 is 0 Å². The second-order valence-electron chi connectivity index (χ2n) is 2.32. The SMILES string of the molecule is CCn1ncc(Cl)c1C(=O)C(F)F. The molecule has 0 aliphatic heterocycles. The highest BCUT2D eigenvalue weighted by Crippen LogP contribution is 2.18. The van der Waals surface area contributed by atoms with Crippen LogP contribution >= 0.6 is 11.6 Å². The van der Waals surface area contributed by atoms with E-state index in [1.54, 1.807) is 6.92 Å². The average molecular weight is 209 g/mol. The van der Waals surface area contributed by atoms with E-state index < -0.39 is 12.2 Å². The number of nitrogens with zero attached hydrogens (tertiary/aromatic N) is 2. The maximum absolute atomic E-state index is 12.0. The zero-order valence-electron chi connectivity index (χ0n) is 6.80. The lowest BCUT2D eigenvalue weighted by Crippen LogP contribution is -2.16. The fraction of sp³-hybridized carbons (Fsp3) is 0.429. The van der Waals surface area contributed by atoms with E-state index in [2.05, 4.69) is 5.10 Å². The Morgan fingerprint density at radius 2 is 2.38 bits per heavy atom. The molecule has 0 aromatic carbocycles. The molecular weight excluding hydrogens is 202 g/mol.